The summed E-state index contributed by atoms with van der Waals surface area (Å²) in [7, 11) is 0. The fraction of sp³-hybridized carbons (Fsp3) is 0. The van der Waals surface area contributed by atoms with Gasteiger partial charge in [0.25, 0.3) is 0 Å². The van der Waals surface area contributed by atoms with Crippen LogP contribution in [0.5, 0.6) is 0 Å². The first kappa shape index (κ1) is 27.7. The summed E-state index contributed by atoms with van der Waals surface area (Å²) >= 11 is 0. The van der Waals surface area contributed by atoms with Gasteiger partial charge >= 0.3 is 0 Å². The molecule has 1 heterocycles. The molecule has 0 radical (unpaired) electrons. The van der Waals surface area contributed by atoms with Crippen molar-refractivity contribution < 1.29 is 0 Å². The Bertz CT molecular complexity index is 2800. The molecule has 1 aromatic heterocycles. The Labute approximate surface area is 284 Å². The van der Waals surface area contributed by atoms with Gasteiger partial charge in [-0.2, -0.15) is 0 Å². The van der Waals surface area contributed by atoms with Crippen molar-refractivity contribution in [1.29, 1.82) is 0 Å². The molecule has 0 aliphatic heterocycles. The van der Waals surface area contributed by atoms with Crippen LogP contribution in [0.1, 0.15) is 0 Å². The van der Waals surface area contributed by atoms with Crippen LogP contribution in [0.15, 0.2) is 188 Å². The molecule has 0 bridgehead atoms. The molecule has 0 amide bonds. The molecule has 49 heavy (non-hydrogen) atoms. The lowest BCUT2D eigenvalue weighted by Crippen LogP contribution is -1.94. The Morgan fingerprint density at radius 1 is 0.265 bits per heavy atom. The smallest absolute Gasteiger partial charge is 0.0547 e. The highest BCUT2D eigenvalue weighted by Gasteiger charge is 2.17. The van der Waals surface area contributed by atoms with E-state index < -0.39 is 0 Å². The maximum atomic E-state index is 2.44. The molecule has 9 aromatic carbocycles. The summed E-state index contributed by atoms with van der Waals surface area (Å²) in [6.45, 7) is 0. The quantitative estimate of drug-likeness (QED) is 0.172. The van der Waals surface area contributed by atoms with E-state index in [0.717, 1.165) is 5.69 Å². The van der Waals surface area contributed by atoms with Crippen molar-refractivity contribution in [2.75, 3.05) is 0 Å². The van der Waals surface area contributed by atoms with Gasteiger partial charge in [0.15, 0.2) is 0 Å². The maximum Gasteiger partial charge on any atom is 0.0547 e. The second-order valence-electron chi connectivity index (χ2n) is 12.9. The summed E-state index contributed by atoms with van der Waals surface area (Å²) in [6, 6.07) is 68.7. The Morgan fingerprint density at radius 2 is 0.796 bits per heavy atom. The van der Waals surface area contributed by atoms with Gasteiger partial charge in [-0.1, -0.05) is 146 Å². The highest BCUT2D eigenvalue weighted by atomic mass is 15.0. The van der Waals surface area contributed by atoms with E-state index in [0.29, 0.717) is 0 Å². The summed E-state index contributed by atoms with van der Waals surface area (Å²) in [6.07, 6.45) is 0. The first-order valence-electron chi connectivity index (χ1n) is 16.9. The van der Waals surface area contributed by atoms with Gasteiger partial charge < -0.3 is 4.57 Å². The molecule has 0 saturated heterocycles. The number of hydrogen-bond donors (Lipinski definition) is 0. The monoisotopic (exact) mass is 621 g/mol. The van der Waals surface area contributed by atoms with Crippen LogP contribution in [-0.2, 0) is 0 Å². The predicted octanol–water partition coefficient (Wildman–Crippen LogP) is 13.2. The molecule has 0 unspecified atom stereocenters. The van der Waals surface area contributed by atoms with Crippen LogP contribution in [0.2, 0.25) is 0 Å². The van der Waals surface area contributed by atoms with Crippen LogP contribution in [0, 0.1) is 0 Å². The summed E-state index contributed by atoms with van der Waals surface area (Å²) < 4.78 is 2.44. The highest BCUT2D eigenvalue weighted by molar-refractivity contribution is 6.27. The van der Waals surface area contributed by atoms with Gasteiger partial charge in [0.2, 0.25) is 0 Å². The van der Waals surface area contributed by atoms with Crippen molar-refractivity contribution >= 4 is 54.1 Å². The minimum atomic E-state index is 1.15. The molecule has 0 N–H and O–H groups in total. The normalized spacial score (nSPS) is 11.7. The predicted molar refractivity (Wildman–Crippen MR) is 210 cm³/mol. The lowest BCUT2D eigenvalue weighted by Gasteiger charge is -2.14. The summed E-state index contributed by atoms with van der Waals surface area (Å²) in [5.74, 6) is 0. The SMILES string of the molecule is c1ccc(-c2cc(-c3ccccc3)cc(-c3cccc(-n4c5ccccc5c5c6ccc7c8ccccc8ccc7c6ccc54)c3)c2)cc1. The Hall–Kier alpha value is -6.44. The van der Waals surface area contributed by atoms with Crippen molar-refractivity contribution in [3.05, 3.63) is 188 Å². The van der Waals surface area contributed by atoms with E-state index in [-0.39, 0.29) is 0 Å². The lowest BCUT2D eigenvalue weighted by atomic mass is 9.93. The molecular formula is C48H31N. The van der Waals surface area contributed by atoms with Crippen LogP contribution in [-0.4, -0.2) is 4.57 Å². The molecular weight excluding hydrogens is 591 g/mol. The molecule has 1 nitrogen and oxygen atoms in total. The van der Waals surface area contributed by atoms with Crippen molar-refractivity contribution in [3.63, 3.8) is 0 Å². The third-order valence-corrected chi connectivity index (χ3v) is 10.1. The van der Waals surface area contributed by atoms with Crippen molar-refractivity contribution in [2.24, 2.45) is 0 Å². The number of aromatic nitrogens is 1. The fourth-order valence-electron chi connectivity index (χ4n) is 7.86. The molecule has 0 fully saturated rings. The van der Waals surface area contributed by atoms with Crippen LogP contribution in [0.25, 0.3) is 93.2 Å². The maximum absolute atomic E-state index is 2.44. The second kappa shape index (κ2) is 11.1. The molecule has 0 atom stereocenters. The van der Waals surface area contributed by atoms with E-state index in [1.54, 1.807) is 0 Å². The number of para-hydroxylation sites is 1. The Morgan fingerprint density at radius 3 is 1.55 bits per heavy atom. The Kier molecular flexibility index (Phi) is 6.25. The average Bonchev–Trinajstić information content (AvgIpc) is 3.53. The summed E-state index contributed by atoms with van der Waals surface area (Å²) in [5, 5.41) is 10.3. The first-order chi connectivity index (χ1) is 24.3. The zero-order valence-electron chi connectivity index (χ0n) is 26.8. The minimum Gasteiger partial charge on any atom is -0.309 e. The lowest BCUT2D eigenvalue weighted by molar-refractivity contribution is 1.18. The van der Waals surface area contributed by atoms with Gasteiger partial charge in [-0.3, -0.25) is 0 Å². The van der Waals surface area contributed by atoms with E-state index in [1.165, 1.54) is 87.5 Å². The Balaban J connectivity index is 1.19. The van der Waals surface area contributed by atoms with Gasteiger partial charge in [-0.05, 0) is 108 Å². The minimum absolute atomic E-state index is 1.15. The molecule has 0 aliphatic carbocycles. The van der Waals surface area contributed by atoms with Gasteiger partial charge in [0.1, 0.15) is 0 Å². The van der Waals surface area contributed by atoms with Crippen LogP contribution >= 0.6 is 0 Å². The average molecular weight is 622 g/mol. The van der Waals surface area contributed by atoms with E-state index in [2.05, 4.69) is 193 Å². The molecule has 0 aliphatic rings. The van der Waals surface area contributed by atoms with E-state index >= 15 is 0 Å². The highest BCUT2D eigenvalue weighted by Crippen LogP contribution is 2.41. The van der Waals surface area contributed by atoms with Gasteiger partial charge in [-0.25, -0.2) is 0 Å². The zero-order chi connectivity index (χ0) is 32.3. The van der Waals surface area contributed by atoms with Gasteiger partial charge in [-0.15, -0.1) is 0 Å². The molecule has 1 heteroatoms. The summed E-state index contributed by atoms with van der Waals surface area (Å²) in [5.41, 5.74) is 10.8. The number of benzene rings is 9. The van der Waals surface area contributed by atoms with E-state index in [1.807, 2.05) is 0 Å². The third kappa shape index (κ3) is 4.47. The van der Waals surface area contributed by atoms with E-state index in [9.17, 15) is 0 Å². The topological polar surface area (TPSA) is 4.93 Å². The van der Waals surface area contributed by atoms with Crippen LogP contribution in [0.4, 0.5) is 0 Å². The standard InChI is InChI=1S/C48H31N/c1-3-12-32(13-4-1)36-28-37(33-14-5-2-6-15-33)30-38(29-36)35-17-11-18-39(31-35)49-46-21-10-9-20-45(46)48-44-25-24-41-40-19-8-7-16-34(40)22-23-42(41)43(44)26-27-47(48)49/h1-31H. The third-order valence-electron chi connectivity index (χ3n) is 10.1. The molecule has 10 rings (SSSR count). The van der Waals surface area contributed by atoms with Gasteiger partial charge in [0, 0.05) is 16.5 Å². The molecule has 10 aromatic rings. The van der Waals surface area contributed by atoms with Crippen LogP contribution < -0.4 is 0 Å². The van der Waals surface area contributed by atoms with Crippen molar-refractivity contribution in [2.45, 2.75) is 0 Å². The fourth-order valence-corrected chi connectivity index (χ4v) is 7.86. The number of rotatable bonds is 4. The zero-order valence-corrected chi connectivity index (χ0v) is 26.8. The van der Waals surface area contributed by atoms with Crippen LogP contribution in [0.3, 0.4) is 0 Å². The van der Waals surface area contributed by atoms with Crippen molar-refractivity contribution in [3.8, 4) is 39.1 Å². The molecule has 228 valence electrons. The molecule has 0 saturated carbocycles. The number of fused-ring (bicyclic) bond motifs is 9. The molecule has 0 spiro atoms. The number of nitrogens with zero attached hydrogens (tertiary/aromatic N) is 1. The largest absolute Gasteiger partial charge is 0.309 e. The summed E-state index contributed by atoms with van der Waals surface area (Å²) in [4.78, 5) is 0. The van der Waals surface area contributed by atoms with Gasteiger partial charge in [0.05, 0.1) is 11.0 Å². The second-order valence-corrected chi connectivity index (χ2v) is 12.9. The van der Waals surface area contributed by atoms with Crippen molar-refractivity contribution in [1.82, 2.24) is 4.57 Å². The van der Waals surface area contributed by atoms with E-state index in [4.69, 9.17) is 0 Å². The number of hydrogen-bond acceptors (Lipinski definition) is 0. The first-order valence-corrected chi connectivity index (χ1v) is 16.9.